The summed E-state index contributed by atoms with van der Waals surface area (Å²) in [6.07, 6.45) is -14.2. The molecular weight excluding hydrogens is 538 g/mol. The van der Waals surface area contributed by atoms with Gasteiger partial charge in [0, 0.05) is 17.9 Å². The smallest absolute Gasteiger partial charge is 0.394 e. The molecule has 1 fully saturated rings. The molecule has 1 aliphatic heterocycles. The number of phosphoric acid groups is 1. The molecule has 0 bridgehead atoms. The van der Waals surface area contributed by atoms with Gasteiger partial charge in [-0.3, -0.25) is 18.9 Å². The highest BCUT2D eigenvalue weighted by Crippen LogP contribution is 2.59. The lowest BCUT2D eigenvalue weighted by Crippen LogP contribution is -2.45. The van der Waals surface area contributed by atoms with E-state index in [1.165, 1.54) is 5.66 Å². The molecule has 0 aromatic carbocycles. The topological polar surface area (TPSA) is 299 Å². The Morgan fingerprint density at radius 1 is 1.11 bits per heavy atom. The standard InChI is InChI=1S/C16H24N2O16P2/c19-5-8(21)12(24)11(23)7(20)2-4-35(28,29)34-36(30,31)32-6-9-13(25)14(26)15(33-9)18-3-1-10(22)17-16(18)27/h1,3,7-9,11-15,19-21,23-26H,5-6H2,(H,28,29)(H,30,31)(H,17,22,27)/t7-,8+,9+,11+,12-,13+,14+,15+/m0/s1. The number of nitrogens with zero attached hydrogens (tertiary/aromatic N) is 1. The Hall–Kier alpha value is -1.78. The fourth-order valence-electron chi connectivity index (χ4n) is 2.83. The summed E-state index contributed by atoms with van der Waals surface area (Å²) < 4.78 is 38.4. The SMILES string of the molecule is O=c1ccn([C@@H]2O[C@H](COP(=O)(O)OP(=O)(O)C#C[C@H](O)[C@@H](O)[C@@H](O)[C@H](O)CO)[C@@H](O)[C@H]2O)c(=O)[nH]1. The van der Waals surface area contributed by atoms with E-state index in [9.17, 15) is 59.1 Å². The molecule has 204 valence electrons. The highest BCUT2D eigenvalue weighted by Gasteiger charge is 2.45. The number of aromatic nitrogens is 2. The summed E-state index contributed by atoms with van der Waals surface area (Å²) in [6, 6.07) is 0.925. The molecule has 0 saturated carbocycles. The summed E-state index contributed by atoms with van der Waals surface area (Å²) in [5.74, 6) is 1.57. The number of hydrogen-bond donors (Lipinski definition) is 10. The van der Waals surface area contributed by atoms with Crippen LogP contribution in [0, 0.1) is 11.6 Å². The Labute approximate surface area is 200 Å². The normalized spacial score (nSPS) is 28.7. The second kappa shape index (κ2) is 12.2. The van der Waals surface area contributed by atoms with Crippen molar-refractivity contribution in [3.8, 4) is 11.6 Å². The van der Waals surface area contributed by atoms with Crippen LogP contribution in [0.2, 0.25) is 0 Å². The van der Waals surface area contributed by atoms with E-state index >= 15 is 0 Å². The molecule has 1 aliphatic rings. The zero-order valence-corrected chi connectivity index (χ0v) is 19.7. The van der Waals surface area contributed by atoms with Crippen molar-refractivity contribution < 1.29 is 68.2 Å². The highest BCUT2D eigenvalue weighted by molar-refractivity contribution is 7.67. The first-order chi connectivity index (χ1) is 16.6. The van der Waals surface area contributed by atoms with Gasteiger partial charge in [-0.15, -0.1) is 0 Å². The molecule has 2 heterocycles. The van der Waals surface area contributed by atoms with Gasteiger partial charge in [0.25, 0.3) is 5.56 Å². The molecule has 10 atom stereocenters. The molecule has 10 N–H and O–H groups in total. The van der Waals surface area contributed by atoms with E-state index in [-0.39, 0.29) is 0 Å². The molecule has 0 spiro atoms. The van der Waals surface area contributed by atoms with Gasteiger partial charge in [-0.25, -0.2) is 13.9 Å². The Morgan fingerprint density at radius 3 is 2.33 bits per heavy atom. The van der Waals surface area contributed by atoms with Gasteiger partial charge in [-0.2, -0.15) is 4.31 Å². The fourth-order valence-corrected chi connectivity index (χ4v) is 4.93. The van der Waals surface area contributed by atoms with Crippen LogP contribution >= 0.6 is 15.4 Å². The Morgan fingerprint density at radius 2 is 1.75 bits per heavy atom. The van der Waals surface area contributed by atoms with Crippen LogP contribution in [-0.2, 0) is 22.7 Å². The largest absolute Gasteiger partial charge is 0.480 e. The van der Waals surface area contributed by atoms with Crippen LogP contribution in [0.1, 0.15) is 6.23 Å². The van der Waals surface area contributed by atoms with Crippen molar-refractivity contribution >= 4 is 15.4 Å². The minimum Gasteiger partial charge on any atom is -0.394 e. The second-order valence-corrected chi connectivity index (χ2v) is 10.5. The first-order valence-electron chi connectivity index (χ1n) is 9.79. The van der Waals surface area contributed by atoms with Crippen LogP contribution in [0.3, 0.4) is 0 Å². The molecule has 0 aliphatic carbocycles. The predicted molar refractivity (Wildman–Crippen MR) is 113 cm³/mol. The molecule has 0 amide bonds. The maximum absolute atomic E-state index is 12.0. The third-order valence-electron chi connectivity index (χ3n) is 4.69. The summed E-state index contributed by atoms with van der Waals surface area (Å²) in [5, 5.41) is 66.8. The Bertz CT molecular complexity index is 1170. The Balaban J connectivity index is 2.01. The highest BCUT2D eigenvalue weighted by atomic mass is 31.3. The van der Waals surface area contributed by atoms with Gasteiger partial charge in [-0.1, -0.05) is 5.92 Å². The molecule has 2 rings (SSSR count). The van der Waals surface area contributed by atoms with Gasteiger partial charge < -0.3 is 50.3 Å². The van der Waals surface area contributed by atoms with E-state index in [0.29, 0.717) is 0 Å². The van der Waals surface area contributed by atoms with Crippen molar-refractivity contribution in [2.75, 3.05) is 13.2 Å². The lowest BCUT2D eigenvalue weighted by atomic mass is 10.0. The molecule has 0 radical (unpaired) electrons. The van der Waals surface area contributed by atoms with E-state index in [4.69, 9.17) is 9.84 Å². The zero-order chi connectivity index (χ0) is 27.4. The maximum atomic E-state index is 12.0. The minimum atomic E-state index is -5.41. The number of ether oxygens (including phenoxy) is 1. The summed E-state index contributed by atoms with van der Waals surface area (Å²) in [5.41, 5.74) is -0.384. The molecule has 18 nitrogen and oxygen atoms in total. The summed E-state index contributed by atoms with van der Waals surface area (Å²) in [7, 11) is -10.7. The summed E-state index contributed by atoms with van der Waals surface area (Å²) in [6.45, 7) is -2.01. The van der Waals surface area contributed by atoms with Gasteiger partial charge in [0.2, 0.25) is 0 Å². The van der Waals surface area contributed by atoms with Crippen molar-refractivity contribution in [1.82, 2.24) is 9.55 Å². The van der Waals surface area contributed by atoms with E-state index < -0.39 is 88.8 Å². The number of phosphoric ester groups is 1. The average molecular weight is 562 g/mol. The van der Waals surface area contributed by atoms with Gasteiger partial charge in [0.15, 0.2) is 6.23 Å². The van der Waals surface area contributed by atoms with E-state index in [1.807, 2.05) is 4.98 Å². The third-order valence-corrected chi connectivity index (χ3v) is 7.28. The number of H-pyrrole nitrogens is 1. The number of rotatable bonds is 10. The van der Waals surface area contributed by atoms with Gasteiger partial charge in [0.1, 0.15) is 42.7 Å². The zero-order valence-electron chi connectivity index (χ0n) is 17.9. The lowest BCUT2D eigenvalue weighted by Gasteiger charge is -2.22. The third kappa shape index (κ3) is 7.86. The van der Waals surface area contributed by atoms with Crippen molar-refractivity contribution in [3.05, 3.63) is 33.1 Å². The van der Waals surface area contributed by atoms with Crippen LogP contribution in [0.25, 0.3) is 0 Å². The first kappa shape index (κ1) is 30.4. The molecule has 36 heavy (non-hydrogen) atoms. The van der Waals surface area contributed by atoms with Gasteiger partial charge in [0.05, 0.1) is 13.2 Å². The predicted octanol–water partition coefficient (Wildman–Crippen LogP) is -5.13. The number of nitrogens with one attached hydrogen (secondary N) is 1. The lowest BCUT2D eigenvalue weighted by molar-refractivity contribution is -0.103. The van der Waals surface area contributed by atoms with Crippen molar-refractivity contribution in [3.63, 3.8) is 0 Å². The fraction of sp³-hybridized carbons (Fsp3) is 0.625. The van der Waals surface area contributed by atoms with Crippen LogP contribution in [0.15, 0.2) is 21.9 Å². The molecule has 1 aromatic heterocycles. The van der Waals surface area contributed by atoms with Crippen molar-refractivity contribution in [2.45, 2.75) is 49.0 Å². The number of aliphatic hydroxyl groups is 7. The summed E-state index contributed by atoms with van der Waals surface area (Å²) >= 11 is 0. The second-order valence-electron chi connectivity index (χ2n) is 7.36. The molecule has 1 saturated heterocycles. The maximum Gasteiger partial charge on any atom is 0.480 e. The average Bonchev–Trinajstić information content (AvgIpc) is 3.07. The molecule has 1 aromatic rings. The Kier molecular flexibility index (Phi) is 10.3. The first-order valence-corrected chi connectivity index (χ1v) is 12.9. The monoisotopic (exact) mass is 562 g/mol. The van der Waals surface area contributed by atoms with Crippen molar-refractivity contribution in [1.29, 1.82) is 0 Å². The molecule has 20 heteroatoms. The van der Waals surface area contributed by atoms with Crippen molar-refractivity contribution in [2.24, 2.45) is 0 Å². The number of aliphatic hydroxyl groups excluding tert-OH is 7. The van der Waals surface area contributed by atoms with Crippen LogP contribution in [0.5, 0.6) is 0 Å². The quantitative estimate of drug-likeness (QED) is 0.0942. The number of hydrogen-bond acceptors (Lipinski definition) is 14. The van der Waals surface area contributed by atoms with Gasteiger partial charge >= 0.3 is 21.1 Å². The van der Waals surface area contributed by atoms with Crippen LogP contribution < -0.4 is 11.2 Å². The van der Waals surface area contributed by atoms with E-state index in [2.05, 4.69) is 8.83 Å². The summed E-state index contributed by atoms with van der Waals surface area (Å²) in [4.78, 5) is 44.2. The van der Waals surface area contributed by atoms with Crippen LogP contribution in [-0.4, -0.2) is 111 Å². The molecular formula is C16H24N2O16P2. The minimum absolute atomic E-state index is 0.720. The van der Waals surface area contributed by atoms with Gasteiger partial charge in [-0.05, 0) is 0 Å². The van der Waals surface area contributed by atoms with Crippen LogP contribution in [0.4, 0.5) is 0 Å². The van der Waals surface area contributed by atoms with E-state index in [1.54, 1.807) is 5.92 Å². The number of aromatic amines is 1. The molecule has 2 unspecified atom stereocenters. The van der Waals surface area contributed by atoms with E-state index in [0.717, 1.165) is 16.8 Å².